The molecule has 0 bridgehead atoms. The van der Waals surface area contributed by atoms with Gasteiger partial charge in [0.25, 0.3) is 0 Å². The van der Waals surface area contributed by atoms with Crippen molar-refractivity contribution in [3.05, 3.63) is 30.1 Å². The highest BCUT2D eigenvalue weighted by Gasteiger charge is 1.97. The fourth-order valence-electron chi connectivity index (χ4n) is 1.01. The first kappa shape index (κ1) is 10.2. The molecular weight excluding hydrogens is 180 g/mol. The van der Waals surface area contributed by atoms with Gasteiger partial charge in [0.05, 0.1) is 7.11 Å². The maximum atomic E-state index is 10.5. The molecule has 4 nitrogen and oxygen atoms in total. The third-order valence-electron chi connectivity index (χ3n) is 1.65. The van der Waals surface area contributed by atoms with Crippen molar-refractivity contribution in [1.82, 2.24) is 4.98 Å². The molecule has 0 unspecified atom stereocenters. The number of pyridine rings is 1. The zero-order valence-electron chi connectivity index (χ0n) is 7.93. The Morgan fingerprint density at radius 2 is 2.50 bits per heavy atom. The molecule has 2 N–H and O–H groups in total. The van der Waals surface area contributed by atoms with Crippen molar-refractivity contribution in [3.8, 4) is 5.75 Å². The van der Waals surface area contributed by atoms with Crippen molar-refractivity contribution < 1.29 is 9.53 Å². The van der Waals surface area contributed by atoms with Gasteiger partial charge in [-0.25, -0.2) is 0 Å². The number of methoxy groups -OCH3 is 1. The van der Waals surface area contributed by atoms with Crippen LogP contribution < -0.4 is 10.5 Å². The third kappa shape index (κ3) is 2.90. The number of rotatable bonds is 4. The smallest absolute Gasteiger partial charge is 0.221 e. The Hall–Kier alpha value is -1.84. The van der Waals surface area contributed by atoms with E-state index in [0.717, 1.165) is 11.3 Å². The normalized spacial score (nSPS) is 10.4. The van der Waals surface area contributed by atoms with Gasteiger partial charge in [-0.3, -0.25) is 9.78 Å². The Kier molecular flexibility index (Phi) is 3.67. The van der Waals surface area contributed by atoms with Gasteiger partial charge in [-0.15, -0.1) is 0 Å². The number of primary amides is 1. The topological polar surface area (TPSA) is 65.2 Å². The van der Waals surface area contributed by atoms with E-state index in [-0.39, 0.29) is 12.3 Å². The van der Waals surface area contributed by atoms with Crippen LogP contribution in [0.4, 0.5) is 0 Å². The van der Waals surface area contributed by atoms with Crippen molar-refractivity contribution >= 4 is 12.0 Å². The first-order chi connectivity index (χ1) is 6.74. The summed E-state index contributed by atoms with van der Waals surface area (Å²) in [6.45, 7) is 0. The summed E-state index contributed by atoms with van der Waals surface area (Å²) in [5.41, 5.74) is 5.82. The van der Waals surface area contributed by atoms with Gasteiger partial charge in [-0.2, -0.15) is 0 Å². The van der Waals surface area contributed by atoms with E-state index in [4.69, 9.17) is 10.5 Å². The molecule has 1 aromatic rings. The van der Waals surface area contributed by atoms with E-state index in [9.17, 15) is 4.79 Å². The van der Waals surface area contributed by atoms with Crippen LogP contribution in [0.2, 0.25) is 0 Å². The number of aromatic nitrogens is 1. The van der Waals surface area contributed by atoms with Crippen molar-refractivity contribution in [2.45, 2.75) is 6.42 Å². The minimum absolute atomic E-state index is 0.220. The molecule has 74 valence electrons. The predicted octanol–water partition coefficient (Wildman–Crippen LogP) is 0.979. The molecule has 14 heavy (non-hydrogen) atoms. The number of nitrogens with two attached hydrogens (primary N) is 1. The molecule has 1 heterocycles. The van der Waals surface area contributed by atoms with Crippen LogP contribution in [0.5, 0.6) is 5.75 Å². The SMILES string of the molecule is COc1ccncc1C=CCC(N)=O. The number of ether oxygens (including phenoxy) is 1. The van der Waals surface area contributed by atoms with Crippen LogP contribution in [0, 0.1) is 0 Å². The average Bonchev–Trinajstić information content (AvgIpc) is 2.18. The second-order valence-corrected chi connectivity index (χ2v) is 2.69. The first-order valence-corrected chi connectivity index (χ1v) is 4.17. The van der Waals surface area contributed by atoms with Crippen LogP contribution in [0.25, 0.3) is 6.08 Å². The van der Waals surface area contributed by atoms with Crippen molar-refractivity contribution in [2.75, 3.05) is 7.11 Å². The lowest BCUT2D eigenvalue weighted by atomic mass is 10.2. The van der Waals surface area contributed by atoms with E-state index < -0.39 is 0 Å². The third-order valence-corrected chi connectivity index (χ3v) is 1.65. The van der Waals surface area contributed by atoms with Crippen LogP contribution >= 0.6 is 0 Å². The van der Waals surface area contributed by atoms with Crippen molar-refractivity contribution in [3.63, 3.8) is 0 Å². The minimum Gasteiger partial charge on any atom is -0.496 e. The molecule has 0 radical (unpaired) electrons. The maximum absolute atomic E-state index is 10.5. The Bertz CT molecular complexity index is 348. The Morgan fingerprint density at radius 1 is 1.71 bits per heavy atom. The van der Waals surface area contributed by atoms with Gasteiger partial charge in [0, 0.05) is 24.4 Å². The summed E-state index contributed by atoms with van der Waals surface area (Å²) in [5.74, 6) is 0.366. The highest BCUT2D eigenvalue weighted by Crippen LogP contribution is 2.17. The lowest BCUT2D eigenvalue weighted by Crippen LogP contribution is -2.07. The number of carbonyl (C=O) groups excluding carboxylic acids is 1. The molecule has 1 aromatic heterocycles. The second kappa shape index (κ2) is 5.01. The van der Waals surface area contributed by atoms with Crippen LogP contribution in [-0.2, 0) is 4.79 Å². The van der Waals surface area contributed by atoms with E-state index in [0.29, 0.717) is 0 Å². The molecule has 0 saturated heterocycles. The summed E-state index contributed by atoms with van der Waals surface area (Å²) in [6, 6.07) is 1.75. The lowest BCUT2D eigenvalue weighted by Gasteiger charge is -2.02. The first-order valence-electron chi connectivity index (χ1n) is 4.17. The Morgan fingerprint density at radius 3 is 3.14 bits per heavy atom. The van der Waals surface area contributed by atoms with Crippen LogP contribution in [-0.4, -0.2) is 18.0 Å². The predicted molar refractivity (Wildman–Crippen MR) is 53.6 cm³/mol. The minimum atomic E-state index is -0.357. The van der Waals surface area contributed by atoms with Gasteiger partial charge >= 0.3 is 0 Å². The monoisotopic (exact) mass is 192 g/mol. The van der Waals surface area contributed by atoms with E-state index in [1.54, 1.807) is 37.7 Å². The van der Waals surface area contributed by atoms with Crippen molar-refractivity contribution in [1.29, 1.82) is 0 Å². The largest absolute Gasteiger partial charge is 0.496 e. The van der Waals surface area contributed by atoms with E-state index in [2.05, 4.69) is 4.98 Å². The van der Waals surface area contributed by atoms with Gasteiger partial charge < -0.3 is 10.5 Å². The molecule has 1 amide bonds. The van der Waals surface area contributed by atoms with Crippen molar-refractivity contribution in [2.24, 2.45) is 5.73 Å². The number of hydrogen-bond donors (Lipinski definition) is 1. The summed E-state index contributed by atoms with van der Waals surface area (Å²) in [5, 5.41) is 0. The van der Waals surface area contributed by atoms with Crippen LogP contribution in [0.1, 0.15) is 12.0 Å². The van der Waals surface area contributed by atoms with E-state index in [1.165, 1.54) is 0 Å². The lowest BCUT2D eigenvalue weighted by molar-refractivity contribution is -0.117. The molecule has 0 spiro atoms. The molecule has 0 aliphatic carbocycles. The fraction of sp³-hybridized carbons (Fsp3) is 0.200. The standard InChI is InChI=1S/C10H12N2O2/c1-14-9-5-6-12-7-8(9)3-2-4-10(11)13/h2-3,5-7H,4H2,1H3,(H2,11,13). The van der Waals surface area contributed by atoms with Gasteiger partial charge in [-0.1, -0.05) is 12.2 Å². The van der Waals surface area contributed by atoms with Gasteiger partial charge in [0.1, 0.15) is 5.75 Å². The van der Waals surface area contributed by atoms with Gasteiger partial charge in [-0.05, 0) is 6.07 Å². The van der Waals surface area contributed by atoms with Gasteiger partial charge in [0.15, 0.2) is 0 Å². The highest BCUT2D eigenvalue weighted by atomic mass is 16.5. The highest BCUT2D eigenvalue weighted by molar-refractivity contribution is 5.76. The summed E-state index contributed by atoms with van der Waals surface area (Å²) in [4.78, 5) is 14.4. The van der Waals surface area contributed by atoms with E-state index in [1.807, 2.05) is 0 Å². The summed E-state index contributed by atoms with van der Waals surface area (Å²) in [6.07, 6.45) is 6.97. The van der Waals surface area contributed by atoms with Crippen LogP contribution in [0.3, 0.4) is 0 Å². The van der Waals surface area contributed by atoms with Crippen LogP contribution in [0.15, 0.2) is 24.5 Å². The molecular formula is C10H12N2O2. The average molecular weight is 192 g/mol. The molecule has 0 aliphatic heterocycles. The molecule has 4 heteroatoms. The van der Waals surface area contributed by atoms with E-state index >= 15 is 0 Å². The molecule has 0 aromatic carbocycles. The van der Waals surface area contributed by atoms with Gasteiger partial charge in [0.2, 0.25) is 5.91 Å². The summed E-state index contributed by atoms with van der Waals surface area (Å²) >= 11 is 0. The Labute approximate surface area is 82.4 Å². The number of nitrogens with zero attached hydrogens (tertiary/aromatic N) is 1. The number of carbonyl (C=O) groups is 1. The molecule has 1 rings (SSSR count). The summed E-state index contributed by atoms with van der Waals surface area (Å²) < 4.78 is 5.10. The molecule has 0 aliphatic rings. The molecule has 0 atom stereocenters. The number of hydrogen-bond acceptors (Lipinski definition) is 3. The maximum Gasteiger partial charge on any atom is 0.221 e. The zero-order valence-corrected chi connectivity index (χ0v) is 7.93. The summed E-state index contributed by atoms with van der Waals surface area (Å²) in [7, 11) is 1.58. The number of amides is 1. The second-order valence-electron chi connectivity index (χ2n) is 2.69. The Balaban J connectivity index is 2.75. The fourth-order valence-corrected chi connectivity index (χ4v) is 1.01. The molecule has 0 fully saturated rings. The zero-order chi connectivity index (χ0) is 10.4. The quantitative estimate of drug-likeness (QED) is 0.773. The molecule has 0 saturated carbocycles.